The van der Waals surface area contributed by atoms with Gasteiger partial charge in [-0.05, 0) is 104 Å². The molecule has 4 aliphatic carbocycles. The quantitative estimate of drug-likeness (QED) is 0.508. The molecule has 7 unspecified atom stereocenters. The molecule has 168 valence electrons. The van der Waals surface area contributed by atoms with Crippen molar-refractivity contribution in [2.75, 3.05) is 0 Å². The Labute approximate surface area is 184 Å². The highest BCUT2D eigenvalue weighted by Crippen LogP contribution is 2.66. The van der Waals surface area contributed by atoms with E-state index in [9.17, 15) is 9.90 Å². The largest absolute Gasteiger partial charge is 0.393 e. The van der Waals surface area contributed by atoms with E-state index in [0.717, 1.165) is 25.2 Å². The molecule has 0 radical (unpaired) electrons. The van der Waals surface area contributed by atoms with Gasteiger partial charge in [0.25, 0.3) is 0 Å². The zero-order valence-corrected chi connectivity index (χ0v) is 20.0. The molecule has 0 bridgehead atoms. The van der Waals surface area contributed by atoms with Gasteiger partial charge < -0.3 is 5.11 Å². The summed E-state index contributed by atoms with van der Waals surface area (Å²) in [6.07, 6.45) is 16.7. The van der Waals surface area contributed by atoms with E-state index in [0.29, 0.717) is 34.9 Å². The highest BCUT2D eigenvalue weighted by atomic mass is 16.3. The lowest BCUT2D eigenvalue weighted by Gasteiger charge is -2.57. The highest BCUT2D eigenvalue weighted by Gasteiger charge is 2.60. The fourth-order valence-electron chi connectivity index (χ4n) is 8.13. The van der Waals surface area contributed by atoms with Crippen molar-refractivity contribution in [3.05, 3.63) is 23.8 Å². The van der Waals surface area contributed by atoms with E-state index < -0.39 is 0 Å². The minimum Gasteiger partial charge on any atom is -0.393 e. The number of aliphatic hydroxyl groups excluding tert-OH is 1. The van der Waals surface area contributed by atoms with Gasteiger partial charge in [0.2, 0.25) is 0 Å². The summed E-state index contributed by atoms with van der Waals surface area (Å²) in [5.74, 6) is 3.79. The molecule has 0 spiro atoms. The summed E-state index contributed by atoms with van der Waals surface area (Å²) in [5, 5.41) is 10.2. The molecule has 2 nitrogen and oxygen atoms in total. The lowest BCUT2D eigenvalue weighted by atomic mass is 9.47. The van der Waals surface area contributed by atoms with Crippen LogP contribution in [0.25, 0.3) is 0 Å². The number of hydrogen-bond donors (Lipinski definition) is 1. The number of hydrogen-bond acceptors (Lipinski definition) is 2. The normalized spacial score (nSPS) is 44.6. The lowest BCUT2D eigenvalue weighted by Crippen LogP contribution is -2.53. The van der Waals surface area contributed by atoms with Crippen LogP contribution in [0.5, 0.6) is 0 Å². The Bertz CT molecular complexity index is 718. The van der Waals surface area contributed by atoms with E-state index in [1.54, 1.807) is 0 Å². The topological polar surface area (TPSA) is 37.3 Å². The zero-order chi connectivity index (χ0) is 21.7. The molecule has 0 saturated heterocycles. The number of allylic oxidation sites excluding steroid dienone is 3. The van der Waals surface area contributed by atoms with Crippen LogP contribution < -0.4 is 0 Å². The Kier molecular flexibility index (Phi) is 6.12. The smallest absolute Gasteiger partial charge is 0.159 e. The summed E-state index contributed by atoms with van der Waals surface area (Å²) < 4.78 is 0. The summed E-state index contributed by atoms with van der Waals surface area (Å²) in [6, 6.07) is 0. The number of carbonyl (C=O) groups excluding carboxylic acids is 1. The predicted molar refractivity (Wildman–Crippen MR) is 124 cm³/mol. The molecule has 2 heteroatoms. The monoisotopic (exact) mass is 412 g/mol. The van der Waals surface area contributed by atoms with Gasteiger partial charge in [0.15, 0.2) is 5.78 Å². The highest BCUT2D eigenvalue weighted by molar-refractivity contribution is 5.94. The third-order valence-electron chi connectivity index (χ3n) is 10.2. The van der Waals surface area contributed by atoms with Gasteiger partial charge in [-0.2, -0.15) is 0 Å². The molecule has 3 fully saturated rings. The summed E-state index contributed by atoms with van der Waals surface area (Å²) in [6.45, 7) is 11.9. The molecule has 0 heterocycles. The standard InChI is InChI=1S/C28H44O2/c1-6-19(18(2)3)8-7-9-20-10-11-23-26-24(13-15-27(20,23)4)28(5)14-12-22(29)16-21(28)17-25(26)30/h7-8,17-20,22-24,26,29H,6,9-16H2,1-5H3/b8-7+/t19?,20?,22?,23-,24?,26?,27?,28?/m0/s1. The fourth-order valence-corrected chi connectivity index (χ4v) is 8.13. The molecule has 0 amide bonds. The van der Waals surface area contributed by atoms with E-state index in [4.69, 9.17) is 0 Å². The van der Waals surface area contributed by atoms with Gasteiger partial charge >= 0.3 is 0 Å². The predicted octanol–water partition coefficient (Wildman–Crippen LogP) is 6.73. The summed E-state index contributed by atoms with van der Waals surface area (Å²) in [4.78, 5) is 13.4. The van der Waals surface area contributed by atoms with Crippen molar-refractivity contribution in [3.8, 4) is 0 Å². The molecule has 4 rings (SSSR count). The first-order valence-corrected chi connectivity index (χ1v) is 12.8. The second-order valence-corrected chi connectivity index (χ2v) is 11.9. The summed E-state index contributed by atoms with van der Waals surface area (Å²) in [5.41, 5.74) is 1.71. The Morgan fingerprint density at radius 3 is 2.60 bits per heavy atom. The van der Waals surface area contributed by atoms with E-state index in [2.05, 4.69) is 46.8 Å². The molecular formula is C28H44O2. The SMILES string of the molecule is CCC(/C=C/CC1CC[C@H]2C3C(=O)C=C4CC(O)CCC4(C)C3CCC12C)C(C)C. The Morgan fingerprint density at radius 2 is 1.90 bits per heavy atom. The number of aliphatic hydroxyl groups is 1. The molecule has 4 aliphatic rings. The van der Waals surface area contributed by atoms with E-state index in [1.165, 1.54) is 44.1 Å². The van der Waals surface area contributed by atoms with Crippen molar-refractivity contribution in [1.82, 2.24) is 0 Å². The molecule has 8 atom stereocenters. The van der Waals surface area contributed by atoms with Crippen molar-refractivity contribution in [2.24, 2.45) is 46.3 Å². The van der Waals surface area contributed by atoms with Gasteiger partial charge in [-0.15, -0.1) is 0 Å². The third-order valence-corrected chi connectivity index (χ3v) is 10.2. The van der Waals surface area contributed by atoms with Crippen LogP contribution in [0.2, 0.25) is 0 Å². The maximum atomic E-state index is 13.4. The van der Waals surface area contributed by atoms with Crippen LogP contribution in [0.1, 0.15) is 92.4 Å². The van der Waals surface area contributed by atoms with Gasteiger partial charge in [0.1, 0.15) is 0 Å². The van der Waals surface area contributed by atoms with Gasteiger partial charge in [-0.1, -0.05) is 52.3 Å². The molecule has 3 saturated carbocycles. The van der Waals surface area contributed by atoms with E-state index >= 15 is 0 Å². The molecule has 0 aromatic carbocycles. The second-order valence-electron chi connectivity index (χ2n) is 11.9. The molecular weight excluding hydrogens is 368 g/mol. The van der Waals surface area contributed by atoms with Crippen LogP contribution in [0.3, 0.4) is 0 Å². The van der Waals surface area contributed by atoms with Gasteiger partial charge in [0.05, 0.1) is 6.10 Å². The van der Waals surface area contributed by atoms with Crippen molar-refractivity contribution in [1.29, 1.82) is 0 Å². The van der Waals surface area contributed by atoms with Crippen molar-refractivity contribution >= 4 is 5.78 Å². The Hall–Kier alpha value is -0.890. The Morgan fingerprint density at radius 1 is 1.13 bits per heavy atom. The van der Waals surface area contributed by atoms with Gasteiger partial charge in [0, 0.05) is 5.92 Å². The first-order valence-electron chi connectivity index (χ1n) is 12.8. The number of rotatable bonds is 5. The van der Waals surface area contributed by atoms with Crippen LogP contribution in [0.4, 0.5) is 0 Å². The lowest BCUT2D eigenvalue weighted by molar-refractivity contribution is -0.134. The van der Waals surface area contributed by atoms with E-state index in [-0.39, 0.29) is 17.4 Å². The van der Waals surface area contributed by atoms with Crippen LogP contribution >= 0.6 is 0 Å². The maximum Gasteiger partial charge on any atom is 0.159 e. The summed E-state index contributed by atoms with van der Waals surface area (Å²) in [7, 11) is 0. The van der Waals surface area contributed by atoms with Crippen molar-refractivity contribution < 1.29 is 9.90 Å². The first-order chi connectivity index (χ1) is 14.2. The molecule has 30 heavy (non-hydrogen) atoms. The zero-order valence-electron chi connectivity index (χ0n) is 20.0. The third kappa shape index (κ3) is 3.55. The van der Waals surface area contributed by atoms with Crippen molar-refractivity contribution in [3.63, 3.8) is 0 Å². The van der Waals surface area contributed by atoms with Crippen LogP contribution in [0, 0.1) is 46.3 Å². The number of ketones is 1. The van der Waals surface area contributed by atoms with Crippen LogP contribution in [-0.2, 0) is 4.79 Å². The number of fused-ring (bicyclic) bond motifs is 5. The minimum atomic E-state index is -0.247. The molecule has 1 N–H and O–H groups in total. The fraction of sp³-hybridized carbons (Fsp3) is 0.821. The molecule has 0 aromatic heterocycles. The minimum absolute atomic E-state index is 0.142. The van der Waals surface area contributed by atoms with Crippen LogP contribution in [-0.4, -0.2) is 17.0 Å². The maximum absolute atomic E-state index is 13.4. The van der Waals surface area contributed by atoms with Gasteiger partial charge in [-0.3, -0.25) is 4.79 Å². The average Bonchev–Trinajstić information content (AvgIpc) is 3.03. The molecule has 0 aliphatic heterocycles. The van der Waals surface area contributed by atoms with Crippen molar-refractivity contribution in [2.45, 2.75) is 98.5 Å². The Balaban J connectivity index is 1.53. The second kappa shape index (κ2) is 8.23. The van der Waals surface area contributed by atoms with E-state index in [1.807, 2.05) is 6.08 Å². The van der Waals surface area contributed by atoms with Gasteiger partial charge in [-0.25, -0.2) is 0 Å². The first kappa shape index (κ1) is 22.3. The molecule has 0 aromatic rings. The van der Waals surface area contributed by atoms with Crippen LogP contribution in [0.15, 0.2) is 23.8 Å². The number of carbonyl (C=O) groups is 1. The average molecular weight is 413 g/mol. The summed E-state index contributed by atoms with van der Waals surface area (Å²) >= 11 is 0.